The van der Waals surface area contributed by atoms with Crippen molar-refractivity contribution < 1.29 is 29.4 Å². The van der Waals surface area contributed by atoms with E-state index in [1.54, 1.807) is 36.4 Å². The number of aromatic carboxylic acids is 1. The molecule has 9 heteroatoms. The van der Waals surface area contributed by atoms with Gasteiger partial charge in [0.25, 0.3) is 0 Å². The Hall–Kier alpha value is -4.11. The molecule has 3 aromatic carbocycles. The van der Waals surface area contributed by atoms with Gasteiger partial charge < -0.3 is 20.8 Å². The summed E-state index contributed by atoms with van der Waals surface area (Å²) in [6, 6.07) is 22.0. The summed E-state index contributed by atoms with van der Waals surface area (Å²) in [6.45, 7) is 0. The smallest absolute Gasteiger partial charge is 0.335 e. The molecule has 2 amide bonds. The number of hydrogen-bond donors (Lipinski definition) is 4. The van der Waals surface area contributed by atoms with E-state index in [2.05, 4.69) is 10.6 Å². The zero-order chi connectivity index (χ0) is 24.5. The molecule has 0 fully saturated rings. The third-order valence-corrected chi connectivity index (χ3v) is 5.90. The number of hydrogen-bond acceptors (Lipinski definition) is 5. The van der Waals surface area contributed by atoms with Crippen LogP contribution in [0.15, 0.2) is 83.8 Å². The molecule has 1 unspecified atom stereocenters. The van der Waals surface area contributed by atoms with Crippen molar-refractivity contribution in [2.24, 2.45) is 0 Å². The van der Waals surface area contributed by atoms with E-state index < -0.39 is 23.1 Å². The summed E-state index contributed by atoms with van der Waals surface area (Å²) in [7, 11) is 0. The molecule has 34 heavy (non-hydrogen) atoms. The van der Waals surface area contributed by atoms with E-state index in [4.69, 9.17) is 5.11 Å². The lowest BCUT2D eigenvalue weighted by Crippen LogP contribution is -2.19. The van der Waals surface area contributed by atoms with Crippen molar-refractivity contribution in [3.8, 4) is 0 Å². The molecule has 0 heterocycles. The highest BCUT2D eigenvalue weighted by molar-refractivity contribution is 8.00. The van der Waals surface area contributed by atoms with Crippen LogP contribution in [0.3, 0.4) is 0 Å². The number of benzene rings is 3. The summed E-state index contributed by atoms with van der Waals surface area (Å²) < 4.78 is 0. The third kappa shape index (κ3) is 7.21. The van der Waals surface area contributed by atoms with Crippen LogP contribution < -0.4 is 10.6 Å². The number of anilines is 2. The molecule has 0 aliphatic carbocycles. The van der Waals surface area contributed by atoms with Crippen LogP contribution in [-0.2, 0) is 14.4 Å². The summed E-state index contributed by atoms with van der Waals surface area (Å²) in [4.78, 5) is 47.8. The highest BCUT2D eigenvalue weighted by Gasteiger charge is 2.23. The molecule has 0 radical (unpaired) electrons. The molecular weight excluding hydrogens is 456 g/mol. The first kappa shape index (κ1) is 24.5. The molecule has 0 spiro atoms. The normalized spacial score (nSPS) is 11.3. The van der Waals surface area contributed by atoms with E-state index in [0.29, 0.717) is 16.3 Å². The Balaban J connectivity index is 1.79. The monoisotopic (exact) mass is 478 g/mol. The van der Waals surface area contributed by atoms with Crippen molar-refractivity contribution in [1.29, 1.82) is 0 Å². The van der Waals surface area contributed by atoms with Crippen molar-refractivity contribution in [3.63, 3.8) is 0 Å². The van der Waals surface area contributed by atoms with Crippen LogP contribution in [0, 0.1) is 0 Å². The largest absolute Gasteiger partial charge is 0.481 e. The Morgan fingerprint density at radius 3 is 2.12 bits per heavy atom. The highest BCUT2D eigenvalue weighted by atomic mass is 32.2. The Kier molecular flexibility index (Phi) is 8.42. The predicted octanol–water partition coefficient (Wildman–Crippen LogP) is 4.66. The lowest BCUT2D eigenvalue weighted by atomic mass is 10.1. The minimum absolute atomic E-state index is 0.0630. The van der Waals surface area contributed by atoms with Gasteiger partial charge in [0.15, 0.2) is 0 Å². The lowest BCUT2D eigenvalue weighted by molar-refractivity contribution is -0.138. The van der Waals surface area contributed by atoms with Crippen LogP contribution in [0.2, 0.25) is 0 Å². The molecule has 0 aliphatic heterocycles. The molecule has 0 saturated heterocycles. The topological polar surface area (TPSA) is 133 Å². The van der Waals surface area contributed by atoms with Gasteiger partial charge in [-0.05, 0) is 42.0 Å². The average molecular weight is 479 g/mol. The van der Waals surface area contributed by atoms with E-state index in [-0.39, 0.29) is 24.3 Å². The van der Waals surface area contributed by atoms with Gasteiger partial charge in [0.1, 0.15) is 5.25 Å². The number of nitrogens with one attached hydrogen (secondary N) is 2. The second-order valence-electron chi connectivity index (χ2n) is 7.25. The van der Waals surface area contributed by atoms with Crippen LogP contribution in [0.25, 0.3) is 0 Å². The molecular formula is C25H22N2O6S. The number of carboxylic acid groups (broad SMARTS) is 2. The van der Waals surface area contributed by atoms with Gasteiger partial charge in [-0.1, -0.05) is 42.5 Å². The van der Waals surface area contributed by atoms with Crippen LogP contribution >= 0.6 is 11.8 Å². The molecule has 0 saturated carbocycles. The van der Waals surface area contributed by atoms with Crippen molar-refractivity contribution in [2.45, 2.75) is 23.0 Å². The van der Waals surface area contributed by atoms with Gasteiger partial charge in [-0.2, -0.15) is 0 Å². The zero-order valence-corrected chi connectivity index (χ0v) is 18.7. The van der Waals surface area contributed by atoms with Crippen molar-refractivity contribution in [2.75, 3.05) is 10.6 Å². The fraction of sp³-hybridized carbons (Fsp3) is 0.120. The lowest BCUT2D eigenvalue weighted by Gasteiger charge is -2.18. The molecule has 174 valence electrons. The Morgan fingerprint density at radius 1 is 0.765 bits per heavy atom. The number of carboxylic acids is 2. The van der Waals surface area contributed by atoms with Gasteiger partial charge in [0.05, 0.1) is 12.0 Å². The van der Waals surface area contributed by atoms with Gasteiger partial charge in [0.2, 0.25) is 11.8 Å². The highest BCUT2D eigenvalue weighted by Crippen LogP contribution is 2.37. The maximum Gasteiger partial charge on any atom is 0.335 e. The standard InChI is InChI=1S/C25H22N2O6S/c28-21(12-13-22(29)30)26-19-10-5-11-20(15-19)34-23(16-6-2-1-3-7-16)24(31)27-18-9-4-8-17(14-18)25(32)33/h1-11,14-15,23H,12-13H2,(H,26,28)(H,27,31)(H,29,30)(H,32,33). The first-order chi connectivity index (χ1) is 16.3. The molecule has 0 aromatic heterocycles. The quantitative estimate of drug-likeness (QED) is 0.312. The SMILES string of the molecule is O=C(O)CCC(=O)Nc1cccc(SC(C(=O)Nc2cccc(C(=O)O)c2)c2ccccc2)c1. The number of rotatable bonds is 10. The average Bonchev–Trinajstić information content (AvgIpc) is 2.82. The molecule has 0 aliphatic rings. The van der Waals surface area contributed by atoms with E-state index in [1.807, 2.05) is 30.3 Å². The van der Waals surface area contributed by atoms with Gasteiger partial charge in [0, 0.05) is 22.7 Å². The van der Waals surface area contributed by atoms with Gasteiger partial charge in [-0.25, -0.2) is 4.79 Å². The van der Waals surface area contributed by atoms with Crippen LogP contribution in [0.4, 0.5) is 11.4 Å². The van der Waals surface area contributed by atoms with E-state index in [1.165, 1.54) is 23.9 Å². The second kappa shape index (κ2) is 11.7. The summed E-state index contributed by atoms with van der Waals surface area (Å²) in [5.74, 6) is -2.90. The molecule has 3 rings (SSSR count). The van der Waals surface area contributed by atoms with E-state index in [0.717, 1.165) is 5.56 Å². The predicted molar refractivity (Wildman–Crippen MR) is 129 cm³/mol. The molecule has 8 nitrogen and oxygen atoms in total. The number of aliphatic carboxylic acids is 1. The second-order valence-corrected chi connectivity index (χ2v) is 8.43. The molecule has 0 bridgehead atoms. The first-order valence-corrected chi connectivity index (χ1v) is 11.2. The van der Waals surface area contributed by atoms with Gasteiger partial charge in [-0.3, -0.25) is 14.4 Å². The van der Waals surface area contributed by atoms with Crippen LogP contribution in [0.1, 0.15) is 34.0 Å². The van der Waals surface area contributed by atoms with E-state index in [9.17, 15) is 24.3 Å². The Bertz CT molecular complexity index is 1200. The maximum absolute atomic E-state index is 13.2. The maximum atomic E-state index is 13.2. The number of thioether (sulfide) groups is 1. The summed E-state index contributed by atoms with van der Waals surface area (Å²) in [5, 5.41) is 22.7. The van der Waals surface area contributed by atoms with Gasteiger partial charge in [-0.15, -0.1) is 11.8 Å². The molecule has 3 aromatic rings. The summed E-state index contributed by atoms with van der Waals surface area (Å²) in [5.41, 5.74) is 1.66. The number of carbonyl (C=O) groups is 4. The number of carbonyl (C=O) groups excluding carboxylic acids is 2. The fourth-order valence-electron chi connectivity index (χ4n) is 3.07. The molecule has 1 atom stereocenters. The minimum atomic E-state index is -1.09. The summed E-state index contributed by atoms with van der Waals surface area (Å²) in [6.07, 6.45) is -0.406. The van der Waals surface area contributed by atoms with Crippen molar-refractivity contribution in [1.82, 2.24) is 0 Å². The fourth-order valence-corrected chi connectivity index (χ4v) is 4.15. The van der Waals surface area contributed by atoms with Crippen molar-refractivity contribution >= 4 is 46.9 Å². The third-order valence-electron chi connectivity index (χ3n) is 4.66. The summed E-state index contributed by atoms with van der Waals surface area (Å²) >= 11 is 1.27. The Morgan fingerprint density at radius 2 is 1.44 bits per heavy atom. The van der Waals surface area contributed by atoms with Gasteiger partial charge >= 0.3 is 11.9 Å². The molecule has 4 N–H and O–H groups in total. The Labute approximate surface area is 200 Å². The number of amides is 2. The van der Waals surface area contributed by atoms with E-state index >= 15 is 0 Å². The van der Waals surface area contributed by atoms with Crippen LogP contribution in [0.5, 0.6) is 0 Å². The van der Waals surface area contributed by atoms with Crippen LogP contribution in [-0.4, -0.2) is 34.0 Å². The van der Waals surface area contributed by atoms with Crippen molar-refractivity contribution in [3.05, 3.63) is 90.0 Å². The first-order valence-electron chi connectivity index (χ1n) is 10.3. The zero-order valence-electron chi connectivity index (χ0n) is 17.9. The minimum Gasteiger partial charge on any atom is -0.481 e.